The van der Waals surface area contributed by atoms with Gasteiger partial charge in [0.05, 0.1) is 34.4 Å². The molecule has 0 spiro atoms. The highest BCUT2D eigenvalue weighted by Crippen LogP contribution is 2.37. The third-order valence-corrected chi connectivity index (χ3v) is 14.6. The van der Waals surface area contributed by atoms with Crippen molar-refractivity contribution < 1.29 is 0 Å². The van der Waals surface area contributed by atoms with Crippen molar-refractivity contribution in [3.8, 4) is 17.2 Å². The van der Waals surface area contributed by atoms with E-state index < -0.39 is 16.1 Å². The number of anilines is 6. The van der Waals surface area contributed by atoms with Crippen LogP contribution in [0.3, 0.4) is 0 Å². The van der Waals surface area contributed by atoms with Crippen LogP contribution in [0.15, 0.2) is 170 Å². The lowest BCUT2D eigenvalue weighted by Gasteiger charge is -2.27. The van der Waals surface area contributed by atoms with Crippen molar-refractivity contribution in [2.45, 2.75) is 39.3 Å². The Hall–Kier alpha value is -6.71. The van der Waals surface area contributed by atoms with E-state index in [0.717, 1.165) is 56.4 Å². The van der Waals surface area contributed by atoms with Crippen molar-refractivity contribution in [1.29, 1.82) is 5.26 Å². The number of benzene rings is 7. The average molecular weight is 785 g/mol. The Bertz CT molecular complexity index is 2580. The molecule has 0 fully saturated rings. The van der Waals surface area contributed by atoms with Crippen molar-refractivity contribution in [1.82, 2.24) is 0 Å². The summed E-state index contributed by atoms with van der Waals surface area (Å²) < 4.78 is 0. The molecule has 0 saturated heterocycles. The third kappa shape index (κ3) is 9.12. The van der Waals surface area contributed by atoms with Crippen LogP contribution < -0.4 is 20.2 Å². The molecule has 0 aliphatic carbocycles. The molecule has 0 amide bonds. The van der Waals surface area contributed by atoms with Crippen molar-refractivity contribution in [2.24, 2.45) is 0 Å². The van der Waals surface area contributed by atoms with Crippen LogP contribution in [-0.2, 0) is 0 Å². The molecule has 7 rings (SSSR count). The zero-order chi connectivity index (χ0) is 40.9. The van der Waals surface area contributed by atoms with Gasteiger partial charge in [0.25, 0.3) is 0 Å². The second kappa shape index (κ2) is 16.8. The molecule has 0 N–H and O–H groups in total. The minimum Gasteiger partial charge on any atom is -0.311 e. The molecule has 0 aliphatic rings. The summed E-state index contributed by atoms with van der Waals surface area (Å²) in [5.74, 6) is 0. The normalized spacial score (nSPS) is 11.5. The average Bonchev–Trinajstić information content (AvgIpc) is 3.24. The first kappa shape index (κ1) is 39.5. The van der Waals surface area contributed by atoms with Crippen LogP contribution >= 0.6 is 0 Å². The largest absolute Gasteiger partial charge is 0.311 e. The predicted octanol–water partition coefficient (Wildman–Crippen LogP) is 14.0. The Morgan fingerprint density at radius 3 is 1.07 bits per heavy atom. The molecular formula is C52H48N4Si2. The zero-order valence-electron chi connectivity index (χ0n) is 34.1. The molecule has 0 unspecified atom stereocenters. The number of nitriles is 1. The van der Waals surface area contributed by atoms with Crippen LogP contribution in [0.2, 0.25) is 39.3 Å². The number of nitrogens with zero attached hydrogens (tertiary/aromatic N) is 4. The molecule has 0 bridgehead atoms. The molecule has 7 aromatic carbocycles. The first-order valence-electron chi connectivity index (χ1n) is 19.7. The van der Waals surface area contributed by atoms with Crippen LogP contribution in [0.5, 0.6) is 0 Å². The molecule has 0 radical (unpaired) electrons. The van der Waals surface area contributed by atoms with Gasteiger partial charge in [-0.1, -0.05) is 147 Å². The smallest absolute Gasteiger partial charge is 0.187 e. The maximum Gasteiger partial charge on any atom is 0.187 e. The van der Waals surface area contributed by atoms with E-state index in [0.29, 0.717) is 11.3 Å². The van der Waals surface area contributed by atoms with Gasteiger partial charge in [-0.15, -0.1) is 0 Å². The summed E-state index contributed by atoms with van der Waals surface area (Å²) in [5, 5.41) is 12.2. The number of hydrogen-bond donors (Lipinski definition) is 0. The molecule has 4 nitrogen and oxygen atoms in total. The van der Waals surface area contributed by atoms with Crippen molar-refractivity contribution in [3.63, 3.8) is 0 Å². The summed E-state index contributed by atoms with van der Waals surface area (Å²) in [6.07, 6.45) is 4.31. The van der Waals surface area contributed by atoms with Crippen LogP contribution in [0, 0.1) is 17.9 Å². The topological polar surface area (TPSA) is 34.6 Å². The summed E-state index contributed by atoms with van der Waals surface area (Å²) in [5.41, 5.74) is 12.1. The van der Waals surface area contributed by atoms with Crippen LogP contribution in [0.4, 0.5) is 39.8 Å². The fraction of sp³-hybridized carbons (Fsp3) is 0.115. The summed E-state index contributed by atoms with van der Waals surface area (Å²) in [6, 6.07) is 61.7. The Morgan fingerprint density at radius 1 is 0.431 bits per heavy atom. The molecule has 58 heavy (non-hydrogen) atoms. The Balaban J connectivity index is 1.08. The molecule has 6 heteroatoms. The minimum absolute atomic E-state index is 0.631. The third-order valence-electron chi connectivity index (χ3n) is 10.5. The van der Waals surface area contributed by atoms with Crippen LogP contribution in [0.25, 0.3) is 28.1 Å². The standard InChI is InChI=1S/C52H48N4Si2/c1-54-44-20-28-48(29-21-44)56(50-32-36-52(37-33-50)58(5,6)7)45-22-12-40(13-23-45)9-8-39-10-16-42(17-11-39)43-18-26-47(27-19-43)55(46-24-14-41(38-53)15-25-46)49-30-34-51(35-31-49)57(2,3)4/h8-37H,2-7H3/b9-8+. The van der Waals surface area contributed by atoms with Gasteiger partial charge in [0.1, 0.15) is 0 Å². The van der Waals surface area contributed by atoms with Gasteiger partial charge in [-0.25, -0.2) is 4.85 Å². The first-order valence-corrected chi connectivity index (χ1v) is 26.7. The highest BCUT2D eigenvalue weighted by molar-refractivity contribution is 6.89. The highest BCUT2D eigenvalue weighted by Gasteiger charge is 2.20. The molecule has 0 heterocycles. The summed E-state index contributed by atoms with van der Waals surface area (Å²) in [7, 11) is -2.87. The van der Waals surface area contributed by atoms with Gasteiger partial charge in [0, 0.05) is 34.1 Å². The number of hydrogen-bond acceptors (Lipinski definition) is 3. The van der Waals surface area contributed by atoms with E-state index in [1.807, 2.05) is 48.5 Å². The monoisotopic (exact) mass is 784 g/mol. The fourth-order valence-electron chi connectivity index (χ4n) is 6.99. The van der Waals surface area contributed by atoms with Gasteiger partial charge in [-0.2, -0.15) is 5.26 Å². The van der Waals surface area contributed by atoms with E-state index in [-0.39, 0.29) is 0 Å². The molecule has 0 aromatic heterocycles. The fourth-order valence-corrected chi connectivity index (χ4v) is 9.33. The Labute approximate surface area is 346 Å². The molecule has 0 aliphatic heterocycles. The van der Waals surface area contributed by atoms with Gasteiger partial charge < -0.3 is 9.80 Å². The van der Waals surface area contributed by atoms with Crippen molar-refractivity contribution >= 4 is 78.5 Å². The van der Waals surface area contributed by atoms with E-state index in [9.17, 15) is 5.26 Å². The molecular weight excluding hydrogens is 737 g/mol. The predicted molar refractivity (Wildman–Crippen MR) is 254 cm³/mol. The lowest BCUT2D eigenvalue weighted by molar-refractivity contribution is 1.28. The van der Waals surface area contributed by atoms with Gasteiger partial charge in [-0.05, 0) is 107 Å². The maximum absolute atomic E-state index is 9.40. The van der Waals surface area contributed by atoms with Gasteiger partial charge in [0.15, 0.2) is 5.69 Å². The number of rotatable bonds is 11. The lowest BCUT2D eigenvalue weighted by atomic mass is 10.0. The highest BCUT2D eigenvalue weighted by atomic mass is 28.3. The molecule has 7 aromatic rings. The van der Waals surface area contributed by atoms with Gasteiger partial charge >= 0.3 is 0 Å². The molecule has 0 saturated carbocycles. The first-order chi connectivity index (χ1) is 27.9. The van der Waals surface area contributed by atoms with Gasteiger partial charge in [-0.3, -0.25) is 0 Å². The molecule has 284 valence electrons. The van der Waals surface area contributed by atoms with E-state index in [2.05, 4.69) is 193 Å². The van der Waals surface area contributed by atoms with Crippen molar-refractivity contribution in [3.05, 3.63) is 198 Å². The van der Waals surface area contributed by atoms with E-state index >= 15 is 0 Å². The maximum atomic E-state index is 9.40. The lowest BCUT2D eigenvalue weighted by Crippen LogP contribution is -2.37. The zero-order valence-corrected chi connectivity index (χ0v) is 36.1. The molecule has 0 atom stereocenters. The quantitative estimate of drug-likeness (QED) is 0.0744. The van der Waals surface area contributed by atoms with Crippen LogP contribution in [0.1, 0.15) is 16.7 Å². The van der Waals surface area contributed by atoms with E-state index in [4.69, 9.17) is 6.57 Å². The van der Waals surface area contributed by atoms with Crippen LogP contribution in [-0.4, -0.2) is 16.1 Å². The Morgan fingerprint density at radius 2 is 0.724 bits per heavy atom. The summed E-state index contributed by atoms with van der Waals surface area (Å²) in [4.78, 5) is 8.09. The van der Waals surface area contributed by atoms with Gasteiger partial charge in [0.2, 0.25) is 0 Å². The summed E-state index contributed by atoms with van der Waals surface area (Å²) >= 11 is 0. The van der Waals surface area contributed by atoms with E-state index in [1.165, 1.54) is 10.4 Å². The summed E-state index contributed by atoms with van der Waals surface area (Å²) in [6.45, 7) is 21.6. The van der Waals surface area contributed by atoms with Crippen molar-refractivity contribution in [2.75, 3.05) is 9.80 Å². The SMILES string of the molecule is [C-]#[N+]c1ccc(N(c2ccc(/C=C/c3ccc(-c4ccc(N(c5ccc(C#N)cc5)c5ccc([Si](C)(C)C)cc5)cc4)cc3)cc2)c2ccc([Si](C)(C)C)cc2)cc1. The Kier molecular flexibility index (Phi) is 11.4. The van der Waals surface area contributed by atoms with E-state index in [1.54, 1.807) is 0 Å². The minimum atomic E-state index is -1.44. The second-order valence-corrected chi connectivity index (χ2v) is 26.8. The second-order valence-electron chi connectivity index (χ2n) is 16.6.